The number of hydrogen-bond donors (Lipinski definition) is 0. The molecule has 19 heavy (non-hydrogen) atoms. The molecule has 0 aromatic heterocycles. The quantitative estimate of drug-likeness (QED) is 0.779. The first-order valence-electron chi connectivity index (χ1n) is 5.64. The van der Waals surface area contributed by atoms with Crippen molar-refractivity contribution in [3.8, 4) is 6.07 Å². The molecule has 1 heterocycles. The Bertz CT molecular complexity index is 580. The first-order valence-corrected chi connectivity index (χ1v) is 6.44. The van der Waals surface area contributed by atoms with Gasteiger partial charge in [-0.15, -0.1) is 0 Å². The van der Waals surface area contributed by atoms with Crippen LogP contribution in [-0.2, 0) is 14.3 Å². The largest absolute Gasteiger partial charge is 0.469 e. The van der Waals surface area contributed by atoms with Gasteiger partial charge in [-0.05, 0) is 34.1 Å². The average Bonchev–Trinajstić information content (AvgIpc) is 2.80. The fraction of sp³-hybridized carbons (Fsp3) is 0.308. The van der Waals surface area contributed by atoms with Gasteiger partial charge in [-0.25, -0.2) is 0 Å². The van der Waals surface area contributed by atoms with Gasteiger partial charge in [0.25, 0.3) is 0 Å². The summed E-state index contributed by atoms with van der Waals surface area (Å²) in [6.07, 6.45) is 0.143. The first-order chi connectivity index (χ1) is 9.06. The normalized spacial score (nSPS) is 18.3. The molecular weight excluding hydrogens is 312 g/mol. The maximum Gasteiger partial charge on any atom is 0.311 e. The minimum atomic E-state index is -0.438. The number of anilines is 1. The van der Waals surface area contributed by atoms with Crippen LogP contribution in [0, 0.1) is 17.2 Å². The Morgan fingerprint density at radius 1 is 1.58 bits per heavy atom. The predicted octanol–water partition coefficient (Wildman–Crippen LogP) is 1.85. The molecule has 1 unspecified atom stereocenters. The van der Waals surface area contributed by atoms with Crippen molar-refractivity contribution in [3.05, 3.63) is 28.2 Å². The third-order valence-corrected chi connectivity index (χ3v) is 3.73. The molecule has 5 nitrogen and oxygen atoms in total. The van der Waals surface area contributed by atoms with Crippen molar-refractivity contribution in [1.82, 2.24) is 0 Å². The highest BCUT2D eigenvalue weighted by Gasteiger charge is 2.35. The second kappa shape index (κ2) is 5.41. The topological polar surface area (TPSA) is 70.4 Å². The predicted molar refractivity (Wildman–Crippen MR) is 71.3 cm³/mol. The Balaban J connectivity index is 2.26. The van der Waals surface area contributed by atoms with Crippen molar-refractivity contribution in [2.45, 2.75) is 6.42 Å². The van der Waals surface area contributed by atoms with Crippen LogP contribution >= 0.6 is 15.9 Å². The number of amides is 1. The van der Waals surface area contributed by atoms with E-state index in [1.54, 1.807) is 18.2 Å². The third kappa shape index (κ3) is 2.61. The van der Waals surface area contributed by atoms with Crippen molar-refractivity contribution in [2.24, 2.45) is 5.92 Å². The lowest BCUT2D eigenvalue weighted by Crippen LogP contribution is -2.26. The number of halogens is 1. The highest BCUT2D eigenvalue weighted by atomic mass is 79.9. The van der Waals surface area contributed by atoms with E-state index in [1.807, 2.05) is 6.07 Å². The summed E-state index contributed by atoms with van der Waals surface area (Å²) in [5.74, 6) is -0.957. The Morgan fingerprint density at radius 3 is 2.95 bits per heavy atom. The summed E-state index contributed by atoms with van der Waals surface area (Å²) < 4.78 is 5.33. The van der Waals surface area contributed by atoms with Gasteiger partial charge in [0.15, 0.2) is 0 Å². The second-order valence-electron chi connectivity index (χ2n) is 4.20. The van der Waals surface area contributed by atoms with Gasteiger partial charge in [0.1, 0.15) is 6.07 Å². The summed E-state index contributed by atoms with van der Waals surface area (Å²) in [5, 5.41) is 8.97. The first kappa shape index (κ1) is 13.6. The van der Waals surface area contributed by atoms with Crippen LogP contribution in [0.5, 0.6) is 0 Å². The zero-order valence-corrected chi connectivity index (χ0v) is 11.8. The van der Waals surface area contributed by atoms with Crippen molar-refractivity contribution in [1.29, 1.82) is 5.26 Å². The molecule has 1 atom stereocenters. The number of esters is 1. The number of nitriles is 1. The van der Waals surface area contributed by atoms with Gasteiger partial charge in [0.05, 0.1) is 18.6 Å². The van der Waals surface area contributed by atoms with Crippen LogP contribution in [0.25, 0.3) is 0 Å². The van der Waals surface area contributed by atoms with Gasteiger partial charge in [-0.3, -0.25) is 9.59 Å². The van der Waals surface area contributed by atoms with Gasteiger partial charge in [0, 0.05) is 23.1 Å². The van der Waals surface area contributed by atoms with E-state index in [0.717, 1.165) is 0 Å². The minimum absolute atomic E-state index is 0.137. The van der Waals surface area contributed by atoms with E-state index in [2.05, 4.69) is 20.7 Å². The van der Waals surface area contributed by atoms with Gasteiger partial charge < -0.3 is 9.64 Å². The lowest BCUT2D eigenvalue weighted by Gasteiger charge is -2.16. The molecule has 0 saturated carbocycles. The van der Waals surface area contributed by atoms with Crippen LogP contribution < -0.4 is 4.90 Å². The molecule has 0 aliphatic carbocycles. The summed E-state index contributed by atoms with van der Waals surface area (Å²) in [6, 6.07) is 7.12. The smallest absolute Gasteiger partial charge is 0.311 e. The summed E-state index contributed by atoms with van der Waals surface area (Å²) >= 11 is 3.26. The molecule has 1 aromatic carbocycles. The van der Waals surface area contributed by atoms with Crippen molar-refractivity contribution < 1.29 is 14.3 Å². The van der Waals surface area contributed by atoms with Gasteiger partial charge >= 0.3 is 5.97 Å². The number of ether oxygens (including phenoxy) is 1. The molecule has 1 amide bonds. The van der Waals surface area contributed by atoms with Crippen LogP contribution in [0.3, 0.4) is 0 Å². The maximum absolute atomic E-state index is 11.9. The number of rotatable bonds is 2. The fourth-order valence-corrected chi connectivity index (χ4v) is 2.38. The molecule has 1 aliphatic rings. The highest BCUT2D eigenvalue weighted by Crippen LogP contribution is 2.28. The van der Waals surface area contributed by atoms with Crippen LogP contribution in [0.15, 0.2) is 22.7 Å². The highest BCUT2D eigenvalue weighted by molar-refractivity contribution is 9.10. The fourth-order valence-electron chi connectivity index (χ4n) is 2.05. The summed E-state index contributed by atoms with van der Waals surface area (Å²) in [6.45, 7) is 0.290. The molecule has 1 aromatic rings. The maximum atomic E-state index is 11.9. The lowest BCUT2D eigenvalue weighted by molar-refractivity contribution is -0.145. The third-order valence-electron chi connectivity index (χ3n) is 3.04. The number of benzene rings is 1. The number of methoxy groups -OCH3 is 1. The van der Waals surface area contributed by atoms with Gasteiger partial charge in [-0.1, -0.05) is 0 Å². The molecular formula is C13H11BrN2O3. The number of nitrogens with zero attached hydrogens (tertiary/aromatic N) is 2. The molecule has 1 fully saturated rings. The summed E-state index contributed by atoms with van der Waals surface area (Å²) in [7, 11) is 1.31. The number of hydrogen-bond acceptors (Lipinski definition) is 4. The zero-order valence-electron chi connectivity index (χ0n) is 10.2. The molecule has 0 radical (unpaired) electrons. The van der Waals surface area contributed by atoms with Gasteiger partial charge in [-0.2, -0.15) is 5.26 Å². The Hall–Kier alpha value is -1.87. The van der Waals surface area contributed by atoms with E-state index < -0.39 is 5.92 Å². The van der Waals surface area contributed by atoms with Crippen LogP contribution in [0.2, 0.25) is 0 Å². The molecule has 1 aliphatic heterocycles. The Labute approximate surface area is 118 Å². The van der Waals surface area contributed by atoms with Crippen molar-refractivity contribution in [2.75, 3.05) is 18.6 Å². The van der Waals surface area contributed by atoms with Crippen LogP contribution in [0.1, 0.15) is 12.0 Å². The van der Waals surface area contributed by atoms with E-state index >= 15 is 0 Å². The van der Waals surface area contributed by atoms with Gasteiger partial charge in [0.2, 0.25) is 5.91 Å². The molecule has 0 N–H and O–H groups in total. The average molecular weight is 323 g/mol. The van der Waals surface area contributed by atoms with E-state index in [4.69, 9.17) is 5.26 Å². The molecule has 2 rings (SSSR count). The lowest BCUT2D eigenvalue weighted by atomic mass is 10.1. The molecule has 0 spiro atoms. The molecule has 1 saturated heterocycles. The summed E-state index contributed by atoms with van der Waals surface area (Å²) in [4.78, 5) is 24.9. The Kier molecular flexibility index (Phi) is 3.86. The van der Waals surface area contributed by atoms with E-state index in [-0.39, 0.29) is 24.8 Å². The molecule has 6 heteroatoms. The molecule has 0 bridgehead atoms. The Morgan fingerprint density at radius 2 is 2.32 bits per heavy atom. The minimum Gasteiger partial charge on any atom is -0.469 e. The number of carbonyl (C=O) groups excluding carboxylic acids is 2. The second-order valence-corrected chi connectivity index (χ2v) is 5.06. The monoisotopic (exact) mass is 322 g/mol. The SMILES string of the molecule is COC(=O)C1CC(=O)N(c2ccc(Br)c(C#N)c2)C1. The molecule has 98 valence electrons. The number of carbonyl (C=O) groups is 2. The summed E-state index contributed by atoms with van der Waals surface area (Å²) in [5.41, 5.74) is 1.07. The van der Waals surface area contributed by atoms with E-state index in [9.17, 15) is 9.59 Å². The van der Waals surface area contributed by atoms with Crippen LogP contribution in [-0.4, -0.2) is 25.5 Å². The zero-order chi connectivity index (χ0) is 14.0. The van der Waals surface area contributed by atoms with Crippen LogP contribution in [0.4, 0.5) is 5.69 Å². The van der Waals surface area contributed by atoms with E-state index in [1.165, 1.54) is 12.0 Å². The van der Waals surface area contributed by atoms with Crippen molar-refractivity contribution in [3.63, 3.8) is 0 Å². The van der Waals surface area contributed by atoms with E-state index in [0.29, 0.717) is 15.7 Å². The van der Waals surface area contributed by atoms with Crippen molar-refractivity contribution >= 4 is 33.5 Å². The standard InChI is InChI=1S/C13H11BrN2O3/c1-19-13(18)9-5-12(17)16(7-9)10-2-3-11(14)8(4-10)6-15/h2-4,9H,5,7H2,1H3.